The van der Waals surface area contributed by atoms with Gasteiger partial charge in [-0.3, -0.25) is 4.79 Å². The van der Waals surface area contributed by atoms with E-state index in [-0.39, 0.29) is 19.0 Å². The van der Waals surface area contributed by atoms with Crippen LogP contribution in [0.3, 0.4) is 0 Å². The summed E-state index contributed by atoms with van der Waals surface area (Å²) in [5.41, 5.74) is 7.47. The van der Waals surface area contributed by atoms with Gasteiger partial charge in [0.2, 0.25) is 0 Å². The summed E-state index contributed by atoms with van der Waals surface area (Å²) in [4.78, 5) is 11.2. The summed E-state index contributed by atoms with van der Waals surface area (Å²) in [6, 6.07) is 7.27. The van der Waals surface area contributed by atoms with Crippen LogP contribution in [0.1, 0.15) is 17.3 Å². The second-order valence-corrected chi connectivity index (χ2v) is 4.17. The molecular formula is C14H17N3O3. The molecule has 0 amide bonds. The van der Waals surface area contributed by atoms with E-state index in [1.807, 2.05) is 31.2 Å². The van der Waals surface area contributed by atoms with Crippen LogP contribution in [-0.2, 0) is 6.54 Å². The highest BCUT2D eigenvalue weighted by atomic mass is 16.5. The number of hydrogen-bond acceptors (Lipinski definition) is 5. The number of aliphatic hydroxyl groups excluding tert-OH is 1. The maximum atomic E-state index is 11.2. The number of carbonyl (C=O) groups is 1. The topological polar surface area (TPSA) is 90.4 Å². The second-order valence-electron chi connectivity index (χ2n) is 4.17. The molecule has 6 nitrogen and oxygen atoms in total. The molecule has 6 heteroatoms. The molecule has 106 valence electrons. The monoisotopic (exact) mass is 275 g/mol. The quantitative estimate of drug-likeness (QED) is 0.776. The van der Waals surface area contributed by atoms with Crippen LogP contribution in [0.4, 0.5) is 5.82 Å². The molecule has 0 saturated carbocycles. The van der Waals surface area contributed by atoms with Gasteiger partial charge >= 0.3 is 0 Å². The van der Waals surface area contributed by atoms with Crippen molar-refractivity contribution in [3.8, 4) is 17.0 Å². The first-order valence-electron chi connectivity index (χ1n) is 6.36. The van der Waals surface area contributed by atoms with Gasteiger partial charge in [-0.05, 0) is 31.2 Å². The van der Waals surface area contributed by atoms with Gasteiger partial charge in [-0.15, -0.1) is 0 Å². The van der Waals surface area contributed by atoms with Crippen LogP contribution in [0.5, 0.6) is 5.75 Å². The lowest BCUT2D eigenvalue weighted by molar-refractivity contribution is 0.112. The highest BCUT2D eigenvalue weighted by molar-refractivity contribution is 5.91. The van der Waals surface area contributed by atoms with Crippen molar-refractivity contribution in [2.45, 2.75) is 13.5 Å². The standard InChI is InChI=1S/C14H17N3O3/c1-2-20-11-5-3-10(4-6-11)13-12(9-19)14(15)17(16-13)7-8-18/h3-6,9,18H,2,7-8,15H2,1H3. The Kier molecular flexibility index (Phi) is 4.37. The number of rotatable bonds is 6. The lowest BCUT2D eigenvalue weighted by Gasteiger charge is -2.03. The molecule has 0 unspecified atom stereocenters. The van der Waals surface area contributed by atoms with Gasteiger partial charge < -0.3 is 15.6 Å². The summed E-state index contributed by atoms with van der Waals surface area (Å²) in [6.07, 6.45) is 0.683. The molecule has 2 aromatic rings. The van der Waals surface area contributed by atoms with Crippen LogP contribution in [-0.4, -0.2) is 34.4 Å². The van der Waals surface area contributed by atoms with Crippen molar-refractivity contribution >= 4 is 12.1 Å². The van der Waals surface area contributed by atoms with E-state index in [1.54, 1.807) is 0 Å². The Labute approximate surface area is 116 Å². The fourth-order valence-corrected chi connectivity index (χ4v) is 1.96. The number of ether oxygens (including phenoxy) is 1. The first kappa shape index (κ1) is 14.1. The average Bonchev–Trinajstić information content (AvgIpc) is 2.77. The zero-order chi connectivity index (χ0) is 14.5. The van der Waals surface area contributed by atoms with Crippen LogP contribution >= 0.6 is 0 Å². The minimum Gasteiger partial charge on any atom is -0.494 e. The number of nitrogens with two attached hydrogens (primary N) is 1. The van der Waals surface area contributed by atoms with E-state index >= 15 is 0 Å². The molecule has 1 aromatic carbocycles. The largest absolute Gasteiger partial charge is 0.494 e. The van der Waals surface area contributed by atoms with Gasteiger partial charge in [-0.1, -0.05) is 0 Å². The molecule has 1 heterocycles. The number of aldehydes is 1. The first-order valence-corrected chi connectivity index (χ1v) is 6.36. The van der Waals surface area contributed by atoms with Crippen molar-refractivity contribution in [3.63, 3.8) is 0 Å². The van der Waals surface area contributed by atoms with Crippen molar-refractivity contribution < 1.29 is 14.6 Å². The number of anilines is 1. The first-order chi connectivity index (χ1) is 9.71. The molecule has 0 fully saturated rings. The van der Waals surface area contributed by atoms with Crippen molar-refractivity contribution in [2.75, 3.05) is 18.9 Å². The molecule has 0 bridgehead atoms. The Bertz CT molecular complexity index is 590. The van der Waals surface area contributed by atoms with Crippen LogP contribution in [0.2, 0.25) is 0 Å². The molecule has 0 aliphatic carbocycles. The predicted octanol–water partition coefficient (Wildman–Crippen LogP) is 1.34. The van der Waals surface area contributed by atoms with E-state index in [2.05, 4.69) is 5.10 Å². The number of benzene rings is 1. The summed E-state index contributed by atoms with van der Waals surface area (Å²) >= 11 is 0. The van der Waals surface area contributed by atoms with Gasteiger partial charge in [-0.25, -0.2) is 4.68 Å². The third-order valence-electron chi connectivity index (χ3n) is 2.90. The normalized spacial score (nSPS) is 10.5. The number of nitrogens with zero attached hydrogens (tertiary/aromatic N) is 2. The Morgan fingerprint density at radius 1 is 1.40 bits per heavy atom. The molecular weight excluding hydrogens is 258 g/mol. The van der Waals surface area contributed by atoms with E-state index in [1.165, 1.54) is 4.68 Å². The van der Waals surface area contributed by atoms with E-state index in [4.69, 9.17) is 15.6 Å². The molecule has 0 spiro atoms. The highest BCUT2D eigenvalue weighted by Crippen LogP contribution is 2.27. The van der Waals surface area contributed by atoms with E-state index < -0.39 is 0 Å². The summed E-state index contributed by atoms with van der Waals surface area (Å²) in [7, 11) is 0. The Balaban J connectivity index is 2.40. The lowest BCUT2D eigenvalue weighted by atomic mass is 10.1. The van der Waals surface area contributed by atoms with Crippen LogP contribution in [0.25, 0.3) is 11.3 Å². The Hall–Kier alpha value is -2.34. The Morgan fingerprint density at radius 2 is 2.10 bits per heavy atom. The summed E-state index contributed by atoms with van der Waals surface area (Å²) in [5, 5.41) is 13.2. The highest BCUT2D eigenvalue weighted by Gasteiger charge is 2.16. The van der Waals surface area contributed by atoms with E-state index in [9.17, 15) is 4.79 Å². The van der Waals surface area contributed by atoms with Gasteiger partial charge in [0.25, 0.3) is 0 Å². The molecule has 0 atom stereocenters. The SMILES string of the molecule is CCOc1ccc(-c2nn(CCO)c(N)c2C=O)cc1. The van der Waals surface area contributed by atoms with Gasteiger partial charge in [0.15, 0.2) is 6.29 Å². The third-order valence-corrected chi connectivity index (χ3v) is 2.90. The molecule has 0 aliphatic rings. The fraction of sp³-hybridized carbons (Fsp3) is 0.286. The number of hydrogen-bond donors (Lipinski definition) is 2. The number of aliphatic hydroxyl groups is 1. The van der Waals surface area contributed by atoms with Crippen LogP contribution in [0.15, 0.2) is 24.3 Å². The van der Waals surface area contributed by atoms with Crippen molar-refractivity contribution in [3.05, 3.63) is 29.8 Å². The van der Waals surface area contributed by atoms with Crippen molar-refractivity contribution in [2.24, 2.45) is 0 Å². The molecule has 3 N–H and O–H groups in total. The summed E-state index contributed by atoms with van der Waals surface area (Å²) in [5.74, 6) is 1.02. The van der Waals surface area contributed by atoms with E-state index in [0.717, 1.165) is 11.3 Å². The van der Waals surface area contributed by atoms with Gasteiger partial charge in [0.1, 0.15) is 17.3 Å². The van der Waals surface area contributed by atoms with E-state index in [0.29, 0.717) is 24.2 Å². The average molecular weight is 275 g/mol. The predicted molar refractivity (Wildman–Crippen MR) is 75.7 cm³/mol. The molecule has 0 radical (unpaired) electrons. The van der Waals surface area contributed by atoms with Gasteiger partial charge in [-0.2, -0.15) is 5.10 Å². The summed E-state index contributed by atoms with van der Waals surface area (Å²) in [6.45, 7) is 2.67. The van der Waals surface area contributed by atoms with Crippen molar-refractivity contribution in [1.82, 2.24) is 9.78 Å². The third kappa shape index (κ3) is 2.65. The molecule has 20 heavy (non-hydrogen) atoms. The minimum atomic E-state index is -0.0904. The zero-order valence-corrected chi connectivity index (χ0v) is 11.2. The maximum absolute atomic E-state index is 11.2. The second kappa shape index (κ2) is 6.21. The lowest BCUT2D eigenvalue weighted by Crippen LogP contribution is -2.08. The zero-order valence-electron chi connectivity index (χ0n) is 11.2. The Morgan fingerprint density at radius 3 is 2.65 bits per heavy atom. The molecule has 1 aromatic heterocycles. The van der Waals surface area contributed by atoms with Gasteiger partial charge in [0, 0.05) is 5.56 Å². The molecule has 0 aliphatic heterocycles. The van der Waals surface area contributed by atoms with Crippen molar-refractivity contribution in [1.29, 1.82) is 0 Å². The van der Waals surface area contributed by atoms with Crippen LogP contribution < -0.4 is 10.5 Å². The number of aromatic nitrogens is 2. The maximum Gasteiger partial charge on any atom is 0.156 e. The number of nitrogen functional groups attached to an aromatic ring is 1. The molecule has 0 saturated heterocycles. The van der Waals surface area contributed by atoms with Crippen LogP contribution in [0, 0.1) is 0 Å². The molecule has 2 rings (SSSR count). The smallest absolute Gasteiger partial charge is 0.156 e. The number of carbonyl (C=O) groups excluding carboxylic acids is 1. The van der Waals surface area contributed by atoms with Gasteiger partial charge in [0.05, 0.1) is 25.3 Å². The fourth-order valence-electron chi connectivity index (χ4n) is 1.96. The summed E-state index contributed by atoms with van der Waals surface area (Å²) < 4.78 is 6.79. The minimum absolute atomic E-state index is 0.0904.